The molecule has 20 heavy (non-hydrogen) atoms. The van der Waals surface area contributed by atoms with Gasteiger partial charge in [0.15, 0.2) is 0 Å². The van der Waals surface area contributed by atoms with E-state index in [1.54, 1.807) is 32.0 Å². The van der Waals surface area contributed by atoms with E-state index in [2.05, 4.69) is 10.6 Å². The van der Waals surface area contributed by atoms with Crippen molar-refractivity contribution in [2.24, 2.45) is 17.1 Å². The molecule has 0 heterocycles. The molecule has 2 rings (SSSR count). The minimum atomic E-state index is -0.618. The predicted octanol–water partition coefficient (Wildman–Crippen LogP) is 1.96. The first-order valence-corrected chi connectivity index (χ1v) is 6.85. The van der Waals surface area contributed by atoms with E-state index in [1.165, 1.54) is 0 Å². The Labute approximate surface area is 118 Å². The lowest BCUT2D eigenvalue weighted by atomic mass is 9.92. The normalized spacial score (nSPS) is 14.8. The van der Waals surface area contributed by atoms with E-state index < -0.39 is 5.41 Å². The van der Waals surface area contributed by atoms with Gasteiger partial charge < -0.3 is 16.4 Å². The van der Waals surface area contributed by atoms with Crippen LogP contribution in [0.4, 0.5) is 11.4 Å². The Morgan fingerprint density at radius 3 is 2.40 bits per heavy atom. The molecule has 1 fully saturated rings. The van der Waals surface area contributed by atoms with Crippen LogP contribution >= 0.6 is 0 Å². The van der Waals surface area contributed by atoms with Crippen molar-refractivity contribution in [1.29, 1.82) is 0 Å². The standard InChI is InChI=1S/C15H21N3O2/c1-15(2,9-16)14(20)18-12-5-3-4-11(8-12)17-13(19)10-6-7-10/h3-5,8,10H,6-7,9,16H2,1-2H3,(H,17,19)(H,18,20). The third-order valence-corrected chi connectivity index (χ3v) is 3.46. The topological polar surface area (TPSA) is 84.2 Å². The second-order valence-electron chi connectivity index (χ2n) is 5.89. The van der Waals surface area contributed by atoms with Crippen molar-refractivity contribution in [3.05, 3.63) is 24.3 Å². The summed E-state index contributed by atoms with van der Waals surface area (Å²) in [5.41, 5.74) is 6.32. The highest BCUT2D eigenvalue weighted by atomic mass is 16.2. The monoisotopic (exact) mass is 275 g/mol. The molecule has 0 aliphatic heterocycles. The van der Waals surface area contributed by atoms with Gasteiger partial charge in [-0.3, -0.25) is 9.59 Å². The minimum absolute atomic E-state index is 0.0516. The lowest BCUT2D eigenvalue weighted by Gasteiger charge is -2.21. The number of rotatable bonds is 5. The first-order valence-electron chi connectivity index (χ1n) is 6.85. The molecular formula is C15H21N3O2. The van der Waals surface area contributed by atoms with E-state index >= 15 is 0 Å². The molecule has 4 N–H and O–H groups in total. The second-order valence-corrected chi connectivity index (χ2v) is 5.89. The molecule has 1 aliphatic rings. The highest BCUT2D eigenvalue weighted by Gasteiger charge is 2.29. The summed E-state index contributed by atoms with van der Waals surface area (Å²) in [5, 5.41) is 5.68. The Bertz CT molecular complexity index is 522. The molecule has 2 amide bonds. The lowest BCUT2D eigenvalue weighted by Crippen LogP contribution is -2.37. The van der Waals surface area contributed by atoms with Gasteiger partial charge in [0.2, 0.25) is 11.8 Å². The predicted molar refractivity (Wildman–Crippen MR) is 79.3 cm³/mol. The number of benzene rings is 1. The molecule has 5 nitrogen and oxygen atoms in total. The van der Waals surface area contributed by atoms with Crippen molar-refractivity contribution < 1.29 is 9.59 Å². The van der Waals surface area contributed by atoms with Gasteiger partial charge in [-0.05, 0) is 44.9 Å². The second kappa shape index (κ2) is 5.63. The number of carbonyl (C=O) groups is 2. The van der Waals surface area contributed by atoms with Gasteiger partial charge in [0.1, 0.15) is 0 Å². The molecule has 0 bridgehead atoms. The highest BCUT2D eigenvalue weighted by molar-refractivity contribution is 5.97. The zero-order chi connectivity index (χ0) is 14.8. The summed E-state index contributed by atoms with van der Waals surface area (Å²) in [7, 11) is 0. The third-order valence-electron chi connectivity index (χ3n) is 3.46. The molecule has 0 atom stereocenters. The average molecular weight is 275 g/mol. The Morgan fingerprint density at radius 1 is 1.25 bits per heavy atom. The number of amides is 2. The van der Waals surface area contributed by atoms with Crippen LogP contribution in [0.15, 0.2) is 24.3 Å². The van der Waals surface area contributed by atoms with E-state index in [0.717, 1.165) is 12.8 Å². The zero-order valence-electron chi connectivity index (χ0n) is 11.9. The van der Waals surface area contributed by atoms with Gasteiger partial charge in [0.25, 0.3) is 0 Å². The van der Waals surface area contributed by atoms with E-state index in [4.69, 9.17) is 5.73 Å². The number of carbonyl (C=O) groups excluding carboxylic acids is 2. The van der Waals surface area contributed by atoms with E-state index in [0.29, 0.717) is 11.4 Å². The molecular weight excluding hydrogens is 254 g/mol. The quantitative estimate of drug-likeness (QED) is 0.768. The van der Waals surface area contributed by atoms with Crippen molar-refractivity contribution >= 4 is 23.2 Å². The number of nitrogens with one attached hydrogen (secondary N) is 2. The maximum absolute atomic E-state index is 12.0. The van der Waals surface area contributed by atoms with E-state index in [9.17, 15) is 9.59 Å². The van der Waals surface area contributed by atoms with Crippen molar-refractivity contribution in [2.75, 3.05) is 17.2 Å². The summed E-state index contributed by atoms with van der Waals surface area (Å²) in [6.45, 7) is 3.86. The molecule has 1 saturated carbocycles. The highest BCUT2D eigenvalue weighted by Crippen LogP contribution is 2.30. The molecule has 0 aromatic heterocycles. The molecule has 5 heteroatoms. The Balaban J connectivity index is 2.02. The number of anilines is 2. The summed E-state index contributed by atoms with van der Waals surface area (Å²) in [6, 6.07) is 7.15. The van der Waals surface area contributed by atoms with Gasteiger partial charge in [0.05, 0.1) is 5.41 Å². The fraction of sp³-hybridized carbons (Fsp3) is 0.467. The Morgan fingerprint density at radius 2 is 1.85 bits per heavy atom. The average Bonchev–Trinajstić information content (AvgIpc) is 3.23. The number of nitrogens with two attached hydrogens (primary N) is 1. The van der Waals surface area contributed by atoms with Crippen LogP contribution in [-0.2, 0) is 9.59 Å². The summed E-state index contributed by atoms with van der Waals surface area (Å²) in [5.74, 6) is 0.0749. The lowest BCUT2D eigenvalue weighted by molar-refractivity contribution is -0.123. The van der Waals surface area contributed by atoms with Crippen LogP contribution in [0.2, 0.25) is 0 Å². The summed E-state index contributed by atoms with van der Waals surface area (Å²) in [4.78, 5) is 23.7. The van der Waals surface area contributed by atoms with E-state index in [-0.39, 0.29) is 24.3 Å². The molecule has 0 radical (unpaired) electrons. The zero-order valence-corrected chi connectivity index (χ0v) is 11.9. The molecule has 0 spiro atoms. The third kappa shape index (κ3) is 3.57. The maximum atomic E-state index is 12.0. The van der Waals surface area contributed by atoms with Crippen LogP contribution in [0.3, 0.4) is 0 Å². The summed E-state index contributed by atoms with van der Waals surface area (Å²) in [6.07, 6.45) is 1.93. The molecule has 108 valence electrons. The fourth-order valence-corrected chi connectivity index (χ4v) is 1.66. The maximum Gasteiger partial charge on any atom is 0.231 e. The van der Waals surface area contributed by atoms with Crippen molar-refractivity contribution in [3.63, 3.8) is 0 Å². The van der Waals surface area contributed by atoms with Gasteiger partial charge in [-0.25, -0.2) is 0 Å². The van der Waals surface area contributed by atoms with Crippen LogP contribution in [-0.4, -0.2) is 18.4 Å². The van der Waals surface area contributed by atoms with Crippen molar-refractivity contribution in [3.8, 4) is 0 Å². The van der Waals surface area contributed by atoms with Gasteiger partial charge in [-0.2, -0.15) is 0 Å². The van der Waals surface area contributed by atoms with Gasteiger partial charge in [-0.15, -0.1) is 0 Å². The molecule has 1 aromatic carbocycles. The van der Waals surface area contributed by atoms with Crippen LogP contribution < -0.4 is 16.4 Å². The van der Waals surface area contributed by atoms with Crippen LogP contribution in [0, 0.1) is 11.3 Å². The first-order chi connectivity index (χ1) is 9.42. The van der Waals surface area contributed by atoms with Crippen molar-refractivity contribution in [1.82, 2.24) is 0 Å². The van der Waals surface area contributed by atoms with Gasteiger partial charge in [0, 0.05) is 23.8 Å². The Hall–Kier alpha value is -1.88. The molecule has 1 aliphatic carbocycles. The number of hydrogen-bond acceptors (Lipinski definition) is 3. The van der Waals surface area contributed by atoms with Crippen LogP contribution in [0.1, 0.15) is 26.7 Å². The largest absolute Gasteiger partial charge is 0.329 e. The van der Waals surface area contributed by atoms with Crippen LogP contribution in [0.25, 0.3) is 0 Å². The first kappa shape index (κ1) is 14.5. The van der Waals surface area contributed by atoms with Gasteiger partial charge in [-0.1, -0.05) is 6.07 Å². The summed E-state index contributed by atoms with van der Waals surface area (Å²) >= 11 is 0. The molecule has 0 saturated heterocycles. The molecule has 1 aromatic rings. The smallest absolute Gasteiger partial charge is 0.231 e. The SMILES string of the molecule is CC(C)(CN)C(=O)Nc1cccc(NC(=O)C2CC2)c1. The Kier molecular flexibility index (Phi) is 4.09. The van der Waals surface area contributed by atoms with E-state index in [1.807, 2.05) is 6.07 Å². The fourth-order valence-electron chi connectivity index (χ4n) is 1.66. The molecule has 0 unspecified atom stereocenters. The van der Waals surface area contributed by atoms with Crippen LogP contribution in [0.5, 0.6) is 0 Å². The van der Waals surface area contributed by atoms with Crippen molar-refractivity contribution in [2.45, 2.75) is 26.7 Å². The summed E-state index contributed by atoms with van der Waals surface area (Å²) < 4.78 is 0. The number of hydrogen-bond donors (Lipinski definition) is 3. The van der Waals surface area contributed by atoms with Gasteiger partial charge >= 0.3 is 0 Å². The minimum Gasteiger partial charge on any atom is -0.329 e.